The first kappa shape index (κ1) is 17.2. The van der Waals surface area contributed by atoms with Crippen LogP contribution in [0.3, 0.4) is 0 Å². The highest BCUT2D eigenvalue weighted by Gasteiger charge is 2.11. The van der Waals surface area contributed by atoms with Gasteiger partial charge in [-0.2, -0.15) is 0 Å². The number of benzene rings is 2. The van der Waals surface area contributed by atoms with Crippen molar-refractivity contribution in [1.82, 2.24) is 0 Å². The van der Waals surface area contributed by atoms with Gasteiger partial charge in [0, 0.05) is 22.0 Å². The van der Waals surface area contributed by atoms with E-state index in [1.165, 1.54) is 0 Å². The minimum atomic E-state index is -0.406. The van der Waals surface area contributed by atoms with Crippen LogP contribution in [0.5, 0.6) is 5.75 Å². The van der Waals surface area contributed by atoms with Crippen LogP contribution in [0, 0.1) is 0 Å². The Kier molecular flexibility index (Phi) is 6.35. The first-order valence-corrected chi connectivity index (χ1v) is 7.95. The minimum Gasteiger partial charge on any atom is -0.496 e. The van der Waals surface area contributed by atoms with Crippen molar-refractivity contribution in [2.24, 2.45) is 0 Å². The van der Waals surface area contributed by atoms with Crippen molar-refractivity contribution in [3.05, 3.63) is 64.1 Å². The second kappa shape index (κ2) is 8.48. The summed E-state index contributed by atoms with van der Waals surface area (Å²) in [5, 5.41) is 0. The Labute approximate surface area is 143 Å². The van der Waals surface area contributed by atoms with E-state index < -0.39 is 5.97 Å². The number of methoxy groups -OCH3 is 1. The SMILES string of the molecule is COc1ccc(Br)cc1COC(=O)CCC(=O)c1ccccc1. The fourth-order valence-corrected chi connectivity index (χ4v) is 2.48. The van der Waals surface area contributed by atoms with Crippen LogP contribution in [-0.2, 0) is 16.1 Å². The van der Waals surface area contributed by atoms with Gasteiger partial charge >= 0.3 is 5.97 Å². The molecule has 0 saturated carbocycles. The van der Waals surface area contributed by atoms with Gasteiger partial charge in [0.05, 0.1) is 13.5 Å². The number of rotatable bonds is 7. The molecule has 0 heterocycles. The standard InChI is InChI=1S/C18H17BrO4/c1-22-17-9-7-15(19)11-14(17)12-23-18(21)10-8-16(20)13-5-3-2-4-6-13/h2-7,9,11H,8,10,12H2,1H3. The summed E-state index contributed by atoms with van der Waals surface area (Å²) in [5.74, 6) is 0.181. The zero-order valence-corrected chi connectivity index (χ0v) is 14.3. The quantitative estimate of drug-likeness (QED) is 0.537. The van der Waals surface area contributed by atoms with Gasteiger partial charge in [-0.15, -0.1) is 0 Å². The molecule has 120 valence electrons. The molecule has 0 unspecified atom stereocenters. The van der Waals surface area contributed by atoms with Crippen LogP contribution >= 0.6 is 15.9 Å². The van der Waals surface area contributed by atoms with E-state index in [0.29, 0.717) is 11.3 Å². The Morgan fingerprint density at radius 2 is 1.78 bits per heavy atom. The summed E-state index contributed by atoms with van der Waals surface area (Å²) >= 11 is 3.37. The van der Waals surface area contributed by atoms with E-state index in [9.17, 15) is 9.59 Å². The normalized spacial score (nSPS) is 10.2. The Balaban J connectivity index is 1.84. The lowest BCUT2D eigenvalue weighted by Crippen LogP contribution is -2.08. The van der Waals surface area contributed by atoms with Crippen LogP contribution < -0.4 is 4.74 Å². The predicted molar refractivity (Wildman–Crippen MR) is 90.5 cm³/mol. The monoisotopic (exact) mass is 376 g/mol. The number of ether oxygens (including phenoxy) is 2. The van der Waals surface area contributed by atoms with Crippen molar-refractivity contribution in [2.75, 3.05) is 7.11 Å². The van der Waals surface area contributed by atoms with Crippen molar-refractivity contribution >= 4 is 27.7 Å². The maximum Gasteiger partial charge on any atom is 0.306 e. The average Bonchev–Trinajstić information content (AvgIpc) is 2.58. The molecule has 0 radical (unpaired) electrons. The summed E-state index contributed by atoms with van der Waals surface area (Å²) in [6, 6.07) is 14.4. The third-order valence-electron chi connectivity index (χ3n) is 3.28. The van der Waals surface area contributed by atoms with E-state index in [1.807, 2.05) is 18.2 Å². The van der Waals surface area contributed by atoms with Crippen molar-refractivity contribution < 1.29 is 19.1 Å². The summed E-state index contributed by atoms with van der Waals surface area (Å²) < 4.78 is 11.3. The molecule has 0 N–H and O–H groups in total. The molecule has 0 aliphatic heterocycles. The first-order chi connectivity index (χ1) is 11.1. The molecule has 0 spiro atoms. The Bertz CT molecular complexity index is 683. The van der Waals surface area contributed by atoms with Crippen molar-refractivity contribution in [3.8, 4) is 5.75 Å². The van der Waals surface area contributed by atoms with Gasteiger partial charge in [0.25, 0.3) is 0 Å². The summed E-state index contributed by atoms with van der Waals surface area (Å²) in [6.07, 6.45) is 0.197. The van der Waals surface area contributed by atoms with E-state index in [-0.39, 0.29) is 25.2 Å². The third-order valence-corrected chi connectivity index (χ3v) is 3.78. The van der Waals surface area contributed by atoms with Crippen LogP contribution in [0.1, 0.15) is 28.8 Å². The molecule has 5 heteroatoms. The largest absolute Gasteiger partial charge is 0.496 e. The number of hydrogen-bond donors (Lipinski definition) is 0. The Morgan fingerprint density at radius 1 is 1.04 bits per heavy atom. The van der Waals surface area contributed by atoms with E-state index in [1.54, 1.807) is 37.4 Å². The highest BCUT2D eigenvalue weighted by Crippen LogP contribution is 2.23. The molecule has 0 atom stereocenters. The molecule has 2 rings (SSSR count). The van der Waals surface area contributed by atoms with Crippen molar-refractivity contribution in [3.63, 3.8) is 0 Å². The van der Waals surface area contributed by atoms with Gasteiger partial charge in [0.1, 0.15) is 12.4 Å². The van der Waals surface area contributed by atoms with Gasteiger partial charge in [-0.1, -0.05) is 46.3 Å². The maximum atomic E-state index is 11.9. The van der Waals surface area contributed by atoms with Gasteiger partial charge < -0.3 is 9.47 Å². The Morgan fingerprint density at radius 3 is 2.48 bits per heavy atom. The summed E-state index contributed by atoms with van der Waals surface area (Å²) in [5.41, 5.74) is 1.37. The van der Waals surface area contributed by atoms with E-state index in [4.69, 9.17) is 9.47 Å². The van der Waals surface area contributed by atoms with E-state index in [0.717, 1.165) is 10.0 Å². The molecule has 0 aliphatic rings. The van der Waals surface area contributed by atoms with Crippen LogP contribution in [0.4, 0.5) is 0 Å². The molecule has 2 aromatic rings. The molecule has 4 nitrogen and oxygen atoms in total. The van der Waals surface area contributed by atoms with Gasteiger partial charge in [-0.25, -0.2) is 0 Å². The van der Waals surface area contributed by atoms with Gasteiger partial charge in [-0.3, -0.25) is 9.59 Å². The molecule has 0 saturated heterocycles. The first-order valence-electron chi connectivity index (χ1n) is 7.16. The zero-order chi connectivity index (χ0) is 16.7. The molecular formula is C18H17BrO4. The maximum absolute atomic E-state index is 11.9. The number of esters is 1. The molecular weight excluding hydrogens is 360 g/mol. The minimum absolute atomic E-state index is 0.0596. The fourth-order valence-electron chi connectivity index (χ4n) is 2.07. The lowest BCUT2D eigenvalue weighted by Gasteiger charge is -2.10. The third kappa shape index (κ3) is 5.21. The van der Waals surface area contributed by atoms with Gasteiger partial charge in [-0.05, 0) is 18.2 Å². The van der Waals surface area contributed by atoms with Crippen LogP contribution in [0.2, 0.25) is 0 Å². The summed E-state index contributed by atoms with van der Waals surface area (Å²) in [7, 11) is 1.56. The molecule has 0 aliphatic carbocycles. The molecule has 2 aromatic carbocycles. The fraction of sp³-hybridized carbons (Fsp3) is 0.222. The molecule has 0 fully saturated rings. The van der Waals surface area contributed by atoms with Crippen LogP contribution in [0.15, 0.2) is 53.0 Å². The topological polar surface area (TPSA) is 52.6 Å². The number of carbonyl (C=O) groups is 2. The highest BCUT2D eigenvalue weighted by atomic mass is 79.9. The molecule has 0 aromatic heterocycles. The summed E-state index contributed by atoms with van der Waals surface area (Å²) in [4.78, 5) is 23.7. The zero-order valence-electron chi connectivity index (χ0n) is 12.8. The summed E-state index contributed by atoms with van der Waals surface area (Å²) in [6.45, 7) is 0.112. The Hall–Kier alpha value is -2.14. The van der Waals surface area contributed by atoms with Crippen LogP contribution in [-0.4, -0.2) is 18.9 Å². The lowest BCUT2D eigenvalue weighted by molar-refractivity contribution is -0.144. The molecule has 0 amide bonds. The number of carbonyl (C=O) groups excluding carboxylic acids is 2. The number of ketones is 1. The number of hydrogen-bond acceptors (Lipinski definition) is 4. The van der Waals surface area contributed by atoms with Crippen molar-refractivity contribution in [2.45, 2.75) is 19.4 Å². The number of Topliss-reactive ketones (excluding diaryl/α,β-unsaturated/α-hetero) is 1. The molecule has 23 heavy (non-hydrogen) atoms. The second-order valence-corrected chi connectivity index (χ2v) is 5.82. The lowest BCUT2D eigenvalue weighted by atomic mass is 10.1. The van der Waals surface area contributed by atoms with Crippen LogP contribution in [0.25, 0.3) is 0 Å². The predicted octanol–water partition coefficient (Wildman–Crippen LogP) is 4.16. The van der Waals surface area contributed by atoms with Crippen molar-refractivity contribution in [1.29, 1.82) is 0 Å². The highest BCUT2D eigenvalue weighted by molar-refractivity contribution is 9.10. The van der Waals surface area contributed by atoms with Gasteiger partial charge in [0.15, 0.2) is 5.78 Å². The second-order valence-electron chi connectivity index (χ2n) is 4.91. The number of halogens is 1. The van der Waals surface area contributed by atoms with E-state index in [2.05, 4.69) is 15.9 Å². The van der Waals surface area contributed by atoms with Gasteiger partial charge in [0.2, 0.25) is 0 Å². The van der Waals surface area contributed by atoms with E-state index >= 15 is 0 Å². The smallest absolute Gasteiger partial charge is 0.306 e. The molecule has 0 bridgehead atoms. The average molecular weight is 377 g/mol.